The lowest BCUT2D eigenvalue weighted by Gasteiger charge is -2.26. The smallest absolute Gasteiger partial charge is 0.257 e. The summed E-state index contributed by atoms with van der Waals surface area (Å²) in [6.07, 6.45) is -0.124. The molecule has 1 aliphatic rings. The monoisotopic (exact) mass is 450 g/mol. The molecule has 7 nitrogen and oxygen atoms in total. The highest BCUT2D eigenvalue weighted by Crippen LogP contribution is 2.46. The first-order chi connectivity index (χ1) is 14.1. The van der Waals surface area contributed by atoms with Crippen molar-refractivity contribution in [3.05, 3.63) is 48.0 Å². The molecule has 162 valence electrons. The Bertz CT molecular complexity index is 1020. The Morgan fingerprint density at radius 1 is 1.17 bits per heavy atom. The molecule has 1 amide bonds. The number of carbonyl (C=O) groups is 1. The summed E-state index contributed by atoms with van der Waals surface area (Å²) in [7, 11) is 1.96. The number of methoxy groups -OCH3 is 1. The zero-order chi connectivity index (χ0) is 22.1. The number of aliphatic hydroxyl groups excluding tert-OH is 1. The molecule has 30 heavy (non-hydrogen) atoms. The number of ether oxygens (including phenoxy) is 1. The molecule has 0 unspecified atom stereocenters. The van der Waals surface area contributed by atoms with Gasteiger partial charge in [0.15, 0.2) is 9.84 Å². The molecule has 0 radical (unpaired) electrons. The third-order valence-electron chi connectivity index (χ3n) is 4.93. The predicted molar refractivity (Wildman–Crippen MR) is 118 cm³/mol. The van der Waals surface area contributed by atoms with Crippen molar-refractivity contribution in [2.24, 2.45) is 0 Å². The van der Waals surface area contributed by atoms with Gasteiger partial charge < -0.3 is 19.6 Å². The van der Waals surface area contributed by atoms with Crippen LogP contribution in [0.3, 0.4) is 0 Å². The Hall–Kier alpha value is -2.07. The van der Waals surface area contributed by atoms with Gasteiger partial charge in [0, 0.05) is 24.2 Å². The molecule has 2 aromatic carbocycles. The molecule has 0 saturated carbocycles. The highest BCUT2D eigenvalue weighted by Gasteiger charge is 2.37. The third kappa shape index (κ3) is 4.80. The number of amides is 1. The number of nitrogens with zero attached hydrogens (tertiary/aromatic N) is 2. The summed E-state index contributed by atoms with van der Waals surface area (Å²) in [6, 6.07) is 11.9. The van der Waals surface area contributed by atoms with Crippen molar-refractivity contribution in [2.45, 2.75) is 21.1 Å². The molecule has 0 spiro atoms. The Balaban J connectivity index is 2.09. The molecule has 1 aliphatic heterocycles. The van der Waals surface area contributed by atoms with Crippen molar-refractivity contribution >= 4 is 33.2 Å². The van der Waals surface area contributed by atoms with E-state index in [1.165, 1.54) is 17.8 Å². The van der Waals surface area contributed by atoms with Crippen LogP contribution >= 0.6 is 11.8 Å². The van der Waals surface area contributed by atoms with Crippen LogP contribution in [0.1, 0.15) is 10.8 Å². The normalized spacial score (nSPS) is 19.5. The number of aliphatic hydroxyl groups is 1. The minimum absolute atomic E-state index is 0.179. The number of anilines is 1. The Kier molecular flexibility index (Phi) is 6.76. The van der Waals surface area contributed by atoms with Gasteiger partial charge in [-0.05, 0) is 50.0 Å². The topological polar surface area (TPSA) is 87.2 Å². The maximum atomic E-state index is 13.2. The van der Waals surface area contributed by atoms with E-state index in [0.29, 0.717) is 29.4 Å². The van der Waals surface area contributed by atoms with Gasteiger partial charge in [0.1, 0.15) is 11.9 Å². The fourth-order valence-corrected chi connectivity index (χ4v) is 5.25. The second-order valence-corrected chi connectivity index (χ2v) is 10.7. The van der Waals surface area contributed by atoms with Crippen molar-refractivity contribution in [1.82, 2.24) is 4.90 Å². The molecule has 2 atom stereocenters. The molecule has 1 heterocycles. The van der Waals surface area contributed by atoms with Crippen LogP contribution in [0.5, 0.6) is 5.75 Å². The van der Waals surface area contributed by atoms with E-state index in [0.717, 1.165) is 11.8 Å². The lowest BCUT2D eigenvalue weighted by Crippen LogP contribution is -2.43. The molecule has 1 N–H and O–H groups in total. The number of sulfone groups is 1. The molecule has 0 bridgehead atoms. The number of fused-ring (bicyclic) bond motifs is 1. The lowest BCUT2D eigenvalue weighted by molar-refractivity contribution is -0.126. The summed E-state index contributed by atoms with van der Waals surface area (Å²) in [5, 5.41) is 10.4. The van der Waals surface area contributed by atoms with E-state index in [1.54, 1.807) is 36.3 Å². The van der Waals surface area contributed by atoms with Gasteiger partial charge in [-0.3, -0.25) is 4.79 Å². The number of carbonyl (C=O) groups excluding carboxylic acids is 1. The molecule has 0 aliphatic carbocycles. The van der Waals surface area contributed by atoms with Crippen LogP contribution in [0.15, 0.2) is 52.3 Å². The Labute approximate surface area is 181 Å². The van der Waals surface area contributed by atoms with Crippen LogP contribution in [-0.4, -0.2) is 71.0 Å². The van der Waals surface area contributed by atoms with Gasteiger partial charge in [-0.2, -0.15) is 0 Å². The summed E-state index contributed by atoms with van der Waals surface area (Å²) in [5.41, 5.74) is 1.36. The van der Waals surface area contributed by atoms with Crippen molar-refractivity contribution in [3.63, 3.8) is 0 Å². The first-order valence-corrected chi connectivity index (χ1v) is 12.2. The van der Waals surface area contributed by atoms with Crippen LogP contribution in [0.25, 0.3) is 0 Å². The molecule has 3 rings (SSSR count). The number of rotatable bonds is 6. The molecule has 2 aromatic rings. The maximum absolute atomic E-state index is 13.2. The molecule has 0 aromatic heterocycles. The zero-order valence-corrected chi connectivity index (χ0v) is 19.0. The number of hydrogen-bond acceptors (Lipinski definition) is 7. The van der Waals surface area contributed by atoms with Crippen molar-refractivity contribution in [3.8, 4) is 5.75 Å². The van der Waals surface area contributed by atoms with Gasteiger partial charge in [0.25, 0.3) is 5.91 Å². The number of likely N-dealkylation sites (N-methyl/N-ethyl adjacent to an activating group) is 1. The fourth-order valence-electron chi connectivity index (χ4n) is 3.23. The Morgan fingerprint density at radius 2 is 1.83 bits per heavy atom. The summed E-state index contributed by atoms with van der Waals surface area (Å²) in [6.45, 7) is 0.980. The van der Waals surface area contributed by atoms with Gasteiger partial charge in [-0.15, -0.1) is 11.8 Å². The standard InChI is InChI=1S/C21H26N2O5S2/c1-22(2)11-12-23-17-10-9-16(30(4,26)27)13-18(17)29-20(19(24)21(23)25)14-5-7-15(28-3)8-6-14/h5-10,13,19-20,24H,11-12H2,1-4H3/t19-,20+/m1/s1. The van der Waals surface area contributed by atoms with Crippen molar-refractivity contribution in [1.29, 1.82) is 0 Å². The van der Waals surface area contributed by atoms with E-state index >= 15 is 0 Å². The zero-order valence-electron chi connectivity index (χ0n) is 17.4. The maximum Gasteiger partial charge on any atom is 0.257 e. The van der Waals surface area contributed by atoms with Crippen molar-refractivity contribution in [2.75, 3.05) is 45.5 Å². The minimum atomic E-state index is -3.41. The van der Waals surface area contributed by atoms with E-state index in [9.17, 15) is 18.3 Å². The third-order valence-corrected chi connectivity index (χ3v) is 7.40. The average molecular weight is 451 g/mol. The SMILES string of the molecule is COc1ccc([C@@H]2Sc3cc(S(C)(=O)=O)ccc3N(CCN(C)C)C(=O)[C@@H]2O)cc1. The summed E-state index contributed by atoms with van der Waals surface area (Å²) in [4.78, 5) is 17.5. The molecule has 9 heteroatoms. The quantitative estimate of drug-likeness (QED) is 0.722. The van der Waals surface area contributed by atoms with Gasteiger partial charge in [-0.1, -0.05) is 12.1 Å². The van der Waals surface area contributed by atoms with Crippen molar-refractivity contribution < 1.29 is 23.1 Å². The lowest BCUT2D eigenvalue weighted by atomic mass is 10.1. The summed E-state index contributed by atoms with van der Waals surface area (Å²) >= 11 is 1.29. The van der Waals surface area contributed by atoms with Gasteiger partial charge >= 0.3 is 0 Å². The van der Waals surface area contributed by atoms with Crippen LogP contribution < -0.4 is 9.64 Å². The predicted octanol–water partition coefficient (Wildman–Crippen LogP) is 2.20. The van der Waals surface area contributed by atoms with Gasteiger partial charge in [-0.25, -0.2) is 8.42 Å². The first kappa shape index (κ1) is 22.6. The second kappa shape index (κ2) is 8.97. The molecule has 0 saturated heterocycles. The molecular weight excluding hydrogens is 424 g/mol. The number of thioether (sulfide) groups is 1. The second-order valence-electron chi connectivity index (χ2n) is 7.45. The van der Waals surface area contributed by atoms with Crippen LogP contribution in [0.2, 0.25) is 0 Å². The molecular formula is C21H26N2O5S2. The average Bonchev–Trinajstić information content (AvgIpc) is 2.80. The van der Waals surface area contributed by atoms with Gasteiger partial charge in [0.05, 0.1) is 22.9 Å². The van der Waals surface area contributed by atoms with E-state index < -0.39 is 27.1 Å². The van der Waals surface area contributed by atoms with E-state index in [1.807, 2.05) is 31.1 Å². The van der Waals surface area contributed by atoms with Crippen LogP contribution in [0.4, 0.5) is 5.69 Å². The molecule has 0 fully saturated rings. The first-order valence-electron chi connectivity index (χ1n) is 9.40. The number of benzene rings is 2. The van der Waals surface area contributed by atoms with Crippen LogP contribution in [0, 0.1) is 0 Å². The number of hydrogen-bond donors (Lipinski definition) is 1. The summed E-state index contributed by atoms with van der Waals surface area (Å²) < 4.78 is 29.4. The van der Waals surface area contributed by atoms with Crippen LogP contribution in [-0.2, 0) is 14.6 Å². The van der Waals surface area contributed by atoms with E-state index in [4.69, 9.17) is 4.74 Å². The highest BCUT2D eigenvalue weighted by molar-refractivity contribution is 7.99. The largest absolute Gasteiger partial charge is 0.497 e. The Morgan fingerprint density at radius 3 is 2.40 bits per heavy atom. The van der Waals surface area contributed by atoms with E-state index in [-0.39, 0.29) is 4.90 Å². The minimum Gasteiger partial charge on any atom is -0.497 e. The van der Waals surface area contributed by atoms with E-state index in [2.05, 4.69) is 0 Å². The fraction of sp³-hybridized carbons (Fsp3) is 0.381. The highest BCUT2D eigenvalue weighted by atomic mass is 32.2. The van der Waals surface area contributed by atoms with Gasteiger partial charge in [0.2, 0.25) is 0 Å². The summed E-state index contributed by atoms with van der Waals surface area (Å²) in [5.74, 6) is 0.265.